The summed E-state index contributed by atoms with van der Waals surface area (Å²) in [5, 5.41) is 0. The molecule has 3 rings (SSSR count). The smallest absolute Gasteiger partial charge is 0.331 e. The van der Waals surface area contributed by atoms with E-state index in [1.807, 2.05) is 0 Å². The van der Waals surface area contributed by atoms with Crippen LogP contribution in [0.25, 0.3) is 0 Å². The quantitative estimate of drug-likeness (QED) is 0.433. The Labute approximate surface area is 83.6 Å². The van der Waals surface area contributed by atoms with E-state index >= 15 is 0 Å². The first-order valence-electron chi connectivity index (χ1n) is 5.31. The van der Waals surface area contributed by atoms with Crippen molar-refractivity contribution in [2.45, 2.75) is 37.7 Å². The van der Waals surface area contributed by atoms with E-state index in [1.165, 1.54) is 24.0 Å². The average Bonchev–Trinajstić information content (AvgIpc) is 2.57. The number of ether oxygens (including phenoxy) is 1. The van der Waals surface area contributed by atoms with Crippen molar-refractivity contribution in [2.24, 2.45) is 5.92 Å². The van der Waals surface area contributed by atoms with Crippen LogP contribution in [-0.4, -0.2) is 11.6 Å². The topological polar surface area (TPSA) is 26.3 Å². The summed E-state index contributed by atoms with van der Waals surface area (Å²) in [4.78, 5) is 11.3. The first-order chi connectivity index (χ1) is 6.71. The maximum absolute atomic E-state index is 11.3. The number of hydrogen-bond acceptors (Lipinski definition) is 2. The van der Waals surface area contributed by atoms with E-state index in [4.69, 9.17) is 4.74 Å². The second kappa shape index (κ2) is 2.50. The molecule has 2 atom stereocenters. The van der Waals surface area contributed by atoms with Crippen molar-refractivity contribution in [2.75, 3.05) is 0 Å². The van der Waals surface area contributed by atoms with Gasteiger partial charge in [0.05, 0.1) is 0 Å². The molecule has 0 saturated heterocycles. The molecule has 0 amide bonds. The zero-order chi connectivity index (χ0) is 9.76. The highest BCUT2D eigenvalue weighted by atomic mass is 16.6. The highest BCUT2D eigenvalue weighted by molar-refractivity contribution is 5.87. The molecule has 74 valence electrons. The van der Waals surface area contributed by atoms with Gasteiger partial charge in [-0.05, 0) is 31.3 Å². The van der Waals surface area contributed by atoms with Crippen molar-refractivity contribution < 1.29 is 9.53 Å². The van der Waals surface area contributed by atoms with Crippen molar-refractivity contribution >= 4 is 5.97 Å². The first-order valence-corrected chi connectivity index (χ1v) is 5.31. The molecule has 0 aromatic heterocycles. The van der Waals surface area contributed by atoms with Gasteiger partial charge in [0.25, 0.3) is 0 Å². The van der Waals surface area contributed by atoms with Gasteiger partial charge in [0.15, 0.2) is 0 Å². The largest absolute Gasteiger partial charge is 0.451 e. The number of rotatable bonds is 0. The Kier molecular flexibility index (Phi) is 1.48. The third-order valence-electron chi connectivity index (χ3n) is 3.82. The van der Waals surface area contributed by atoms with Crippen LogP contribution >= 0.6 is 0 Å². The molecule has 0 N–H and O–H groups in total. The van der Waals surface area contributed by atoms with Gasteiger partial charge in [-0.1, -0.05) is 12.2 Å². The molecule has 2 saturated carbocycles. The SMILES string of the molecule is C=C1CC2CCCC3=CC(=O)OC32C1. The van der Waals surface area contributed by atoms with E-state index in [1.54, 1.807) is 6.08 Å². The zero-order valence-corrected chi connectivity index (χ0v) is 8.21. The zero-order valence-electron chi connectivity index (χ0n) is 8.21. The average molecular weight is 190 g/mol. The van der Waals surface area contributed by atoms with Crippen LogP contribution in [0.15, 0.2) is 23.8 Å². The fourth-order valence-corrected chi connectivity index (χ4v) is 3.29. The molecule has 2 heteroatoms. The Morgan fingerprint density at radius 1 is 1.57 bits per heavy atom. The molecule has 1 heterocycles. The van der Waals surface area contributed by atoms with Crippen LogP contribution in [0.2, 0.25) is 0 Å². The first kappa shape index (κ1) is 8.27. The Balaban J connectivity index is 2.06. The van der Waals surface area contributed by atoms with Crippen molar-refractivity contribution in [3.05, 3.63) is 23.8 Å². The summed E-state index contributed by atoms with van der Waals surface area (Å²) in [6.07, 6.45) is 7.05. The minimum Gasteiger partial charge on any atom is -0.451 e. The maximum atomic E-state index is 11.3. The Hall–Kier alpha value is -1.05. The summed E-state index contributed by atoms with van der Waals surface area (Å²) in [5.74, 6) is 0.378. The molecule has 2 nitrogen and oxygen atoms in total. The fourth-order valence-electron chi connectivity index (χ4n) is 3.29. The Bertz CT molecular complexity index is 353. The predicted octanol–water partition coefficient (Wildman–Crippen LogP) is 2.36. The summed E-state index contributed by atoms with van der Waals surface area (Å²) in [5.41, 5.74) is 2.24. The van der Waals surface area contributed by atoms with Crippen LogP contribution in [0.5, 0.6) is 0 Å². The van der Waals surface area contributed by atoms with Gasteiger partial charge >= 0.3 is 5.97 Å². The highest BCUT2D eigenvalue weighted by Gasteiger charge is 2.54. The van der Waals surface area contributed by atoms with Crippen LogP contribution in [0.4, 0.5) is 0 Å². The fraction of sp³-hybridized carbons (Fsp3) is 0.583. The second-order valence-corrected chi connectivity index (χ2v) is 4.70. The second-order valence-electron chi connectivity index (χ2n) is 4.70. The monoisotopic (exact) mass is 190 g/mol. The van der Waals surface area contributed by atoms with Gasteiger partial charge in [-0.2, -0.15) is 0 Å². The highest BCUT2D eigenvalue weighted by Crippen LogP contribution is 2.54. The van der Waals surface area contributed by atoms with Gasteiger partial charge in [0.1, 0.15) is 5.60 Å². The third kappa shape index (κ3) is 0.887. The van der Waals surface area contributed by atoms with Gasteiger partial charge in [-0.3, -0.25) is 0 Å². The van der Waals surface area contributed by atoms with E-state index in [-0.39, 0.29) is 11.6 Å². The van der Waals surface area contributed by atoms with Crippen LogP contribution in [0.3, 0.4) is 0 Å². The lowest BCUT2D eigenvalue weighted by molar-refractivity contribution is -0.149. The maximum Gasteiger partial charge on any atom is 0.331 e. The normalized spacial score (nSPS) is 40.3. The third-order valence-corrected chi connectivity index (χ3v) is 3.82. The van der Waals surface area contributed by atoms with E-state index in [2.05, 4.69) is 6.58 Å². The van der Waals surface area contributed by atoms with Crippen molar-refractivity contribution in [3.8, 4) is 0 Å². The number of carbonyl (C=O) groups is 1. The summed E-state index contributed by atoms with van der Waals surface area (Å²) < 4.78 is 5.55. The molecule has 0 radical (unpaired) electrons. The molecule has 0 aromatic carbocycles. The van der Waals surface area contributed by atoms with E-state index in [9.17, 15) is 4.79 Å². The van der Waals surface area contributed by atoms with Gasteiger partial charge in [-0.15, -0.1) is 0 Å². The minimum absolute atomic E-state index is 0.137. The lowest BCUT2D eigenvalue weighted by atomic mass is 9.75. The van der Waals surface area contributed by atoms with Gasteiger partial charge in [0, 0.05) is 18.4 Å². The molecule has 2 unspecified atom stereocenters. The molecular weight excluding hydrogens is 176 g/mol. The van der Waals surface area contributed by atoms with Crippen LogP contribution in [-0.2, 0) is 9.53 Å². The molecule has 1 spiro atoms. The van der Waals surface area contributed by atoms with Crippen molar-refractivity contribution in [3.63, 3.8) is 0 Å². The van der Waals surface area contributed by atoms with Gasteiger partial charge in [-0.25, -0.2) is 4.79 Å². The van der Waals surface area contributed by atoms with Crippen molar-refractivity contribution in [1.29, 1.82) is 0 Å². The van der Waals surface area contributed by atoms with E-state index in [0.29, 0.717) is 5.92 Å². The molecule has 14 heavy (non-hydrogen) atoms. The van der Waals surface area contributed by atoms with Crippen LogP contribution in [0, 0.1) is 5.92 Å². The summed E-state index contributed by atoms with van der Waals surface area (Å²) in [6, 6.07) is 0. The molecule has 1 aliphatic heterocycles. The summed E-state index contributed by atoms with van der Waals surface area (Å²) >= 11 is 0. The Morgan fingerprint density at radius 2 is 2.43 bits per heavy atom. The molecule has 2 fully saturated rings. The van der Waals surface area contributed by atoms with E-state index in [0.717, 1.165) is 19.3 Å². The molecule has 0 bridgehead atoms. The van der Waals surface area contributed by atoms with Gasteiger partial charge in [0.2, 0.25) is 0 Å². The van der Waals surface area contributed by atoms with Crippen LogP contribution < -0.4 is 0 Å². The lowest BCUT2D eigenvalue weighted by Crippen LogP contribution is -2.38. The molecule has 0 aromatic rings. The van der Waals surface area contributed by atoms with Crippen molar-refractivity contribution in [1.82, 2.24) is 0 Å². The van der Waals surface area contributed by atoms with Crippen LogP contribution in [0.1, 0.15) is 32.1 Å². The number of hydrogen-bond donors (Lipinski definition) is 0. The molecule has 3 aliphatic rings. The molecule has 2 aliphatic carbocycles. The lowest BCUT2D eigenvalue weighted by Gasteiger charge is -2.36. The van der Waals surface area contributed by atoms with Gasteiger partial charge < -0.3 is 4.74 Å². The standard InChI is InChI=1S/C12H14O2/c1-8-5-9-3-2-4-10-6-11(13)14-12(9,10)7-8/h6,9H,1-5,7H2. The predicted molar refractivity (Wildman–Crippen MR) is 52.6 cm³/mol. The number of carbonyl (C=O) groups excluding carboxylic acids is 1. The van der Waals surface area contributed by atoms with E-state index < -0.39 is 0 Å². The Morgan fingerprint density at radius 3 is 3.29 bits per heavy atom. The minimum atomic E-state index is -0.244. The molecular formula is C12H14O2. The number of esters is 1. The summed E-state index contributed by atoms with van der Waals surface area (Å²) in [6.45, 7) is 4.04. The summed E-state index contributed by atoms with van der Waals surface area (Å²) in [7, 11) is 0.